The van der Waals surface area contributed by atoms with Crippen molar-refractivity contribution in [3.8, 4) is 0 Å². The normalized spacial score (nSPS) is 27.0. The van der Waals surface area contributed by atoms with Crippen molar-refractivity contribution in [2.24, 2.45) is 5.92 Å². The summed E-state index contributed by atoms with van der Waals surface area (Å²) in [5.74, 6) is 0.182. The molecule has 1 aromatic rings. The molecule has 0 amide bonds. The van der Waals surface area contributed by atoms with E-state index in [0.29, 0.717) is 32.4 Å². The Kier molecular flexibility index (Phi) is 6.12. The number of benzene rings is 1. The molecule has 3 rings (SSSR count). The number of aliphatic hydroxyl groups is 1. The molecule has 0 radical (unpaired) electrons. The summed E-state index contributed by atoms with van der Waals surface area (Å²) in [6.07, 6.45) is 3.26. The third-order valence-corrected chi connectivity index (χ3v) is 7.04. The fourth-order valence-electron chi connectivity index (χ4n) is 3.71. The molecule has 140 valence electrons. The van der Waals surface area contributed by atoms with Gasteiger partial charge in [-0.15, -0.1) is 0 Å². The number of aliphatic hydroxyl groups excluding tert-OH is 1. The quantitative estimate of drug-likeness (QED) is 0.761. The third kappa shape index (κ3) is 4.80. The summed E-state index contributed by atoms with van der Waals surface area (Å²) in [5.41, 5.74) is 1.11. The van der Waals surface area contributed by atoms with Crippen LogP contribution in [0.25, 0.3) is 0 Å². The molecule has 2 fully saturated rings. The van der Waals surface area contributed by atoms with Crippen LogP contribution in [0.3, 0.4) is 0 Å². The molecular formula is C18H28N2O4S. The Morgan fingerprint density at radius 3 is 2.44 bits per heavy atom. The van der Waals surface area contributed by atoms with Crippen LogP contribution in [0.5, 0.6) is 0 Å². The van der Waals surface area contributed by atoms with E-state index >= 15 is 0 Å². The average molecular weight is 368 g/mol. The molecule has 1 aliphatic carbocycles. The van der Waals surface area contributed by atoms with Gasteiger partial charge in [0.15, 0.2) is 0 Å². The number of hydrogen-bond acceptors (Lipinski definition) is 4. The second-order valence-corrected chi connectivity index (χ2v) is 8.84. The Bertz CT molecular complexity index is 638. The fraction of sp³-hybridized carbons (Fsp3) is 0.667. The highest BCUT2D eigenvalue weighted by molar-refractivity contribution is 7.87. The minimum Gasteiger partial charge on any atom is -0.393 e. The standard InChI is InChI=1S/C18H28N2O4S/c1-24-17-7-9-20(10-8-17)25(22,23)19-18(15-12-16(21)13-15)11-14-5-3-2-4-6-14/h2-6,15-19,21H,7-13H2,1H3. The molecule has 7 heteroatoms. The molecule has 1 atom stereocenters. The lowest BCUT2D eigenvalue weighted by Gasteiger charge is -2.39. The Hall–Kier alpha value is -0.990. The van der Waals surface area contributed by atoms with E-state index in [0.717, 1.165) is 18.4 Å². The molecule has 2 aliphatic rings. The summed E-state index contributed by atoms with van der Waals surface area (Å²) in [6, 6.07) is 9.73. The molecule has 0 aromatic heterocycles. The Morgan fingerprint density at radius 1 is 1.24 bits per heavy atom. The molecule has 1 saturated carbocycles. The van der Waals surface area contributed by atoms with E-state index < -0.39 is 10.2 Å². The van der Waals surface area contributed by atoms with Crippen molar-refractivity contribution in [1.29, 1.82) is 0 Å². The van der Waals surface area contributed by atoms with Crippen molar-refractivity contribution < 1.29 is 18.3 Å². The summed E-state index contributed by atoms with van der Waals surface area (Å²) in [5, 5.41) is 9.64. The summed E-state index contributed by atoms with van der Waals surface area (Å²) < 4.78 is 35.4. The highest BCUT2D eigenvalue weighted by atomic mass is 32.2. The average Bonchev–Trinajstić information content (AvgIpc) is 2.59. The predicted molar refractivity (Wildman–Crippen MR) is 96.3 cm³/mol. The smallest absolute Gasteiger partial charge is 0.279 e. The maximum atomic E-state index is 12.8. The molecule has 6 nitrogen and oxygen atoms in total. The van der Waals surface area contributed by atoms with Crippen LogP contribution in [0.15, 0.2) is 30.3 Å². The molecule has 1 heterocycles. The first-order chi connectivity index (χ1) is 12.0. The minimum atomic E-state index is -3.53. The van der Waals surface area contributed by atoms with Crippen molar-refractivity contribution in [2.75, 3.05) is 20.2 Å². The monoisotopic (exact) mass is 368 g/mol. The zero-order chi connectivity index (χ0) is 17.9. The van der Waals surface area contributed by atoms with Crippen LogP contribution in [0.2, 0.25) is 0 Å². The van der Waals surface area contributed by atoms with Crippen molar-refractivity contribution in [2.45, 2.75) is 50.4 Å². The van der Waals surface area contributed by atoms with Gasteiger partial charge < -0.3 is 9.84 Å². The van der Waals surface area contributed by atoms with E-state index in [1.807, 2.05) is 30.3 Å². The van der Waals surface area contributed by atoms with E-state index in [2.05, 4.69) is 4.72 Å². The van der Waals surface area contributed by atoms with E-state index in [1.165, 1.54) is 4.31 Å². The van der Waals surface area contributed by atoms with Crippen LogP contribution >= 0.6 is 0 Å². The Labute approximate surface area is 150 Å². The number of hydrogen-bond donors (Lipinski definition) is 2. The SMILES string of the molecule is COC1CCN(S(=O)(=O)NC(Cc2ccccc2)C2CC(O)C2)CC1. The minimum absolute atomic E-state index is 0.147. The second-order valence-electron chi connectivity index (χ2n) is 7.14. The Balaban J connectivity index is 1.66. The van der Waals surface area contributed by atoms with Crippen LogP contribution in [0.4, 0.5) is 0 Å². The fourth-order valence-corrected chi connectivity index (χ4v) is 5.20. The number of piperidine rings is 1. The second kappa shape index (κ2) is 8.14. The van der Waals surface area contributed by atoms with Crippen molar-refractivity contribution in [1.82, 2.24) is 9.03 Å². The first kappa shape index (κ1) is 18.8. The maximum Gasteiger partial charge on any atom is 0.279 e. The third-order valence-electron chi connectivity index (χ3n) is 5.39. The van der Waals surface area contributed by atoms with Gasteiger partial charge in [-0.25, -0.2) is 0 Å². The molecule has 1 aliphatic heterocycles. The first-order valence-electron chi connectivity index (χ1n) is 9.00. The Morgan fingerprint density at radius 2 is 1.88 bits per heavy atom. The number of nitrogens with zero attached hydrogens (tertiary/aromatic N) is 1. The summed E-state index contributed by atoms with van der Waals surface area (Å²) in [7, 11) is -1.86. The zero-order valence-corrected chi connectivity index (χ0v) is 15.5. The molecular weight excluding hydrogens is 340 g/mol. The predicted octanol–water partition coefficient (Wildman–Crippen LogP) is 1.31. The van der Waals surface area contributed by atoms with Crippen molar-refractivity contribution in [3.63, 3.8) is 0 Å². The largest absolute Gasteiger partial charge is 0.393 e. The zero-order valence-electron chi connectivity index (χ0n) is 14.7. The lowest BCUT2D eigenvalue weighted by molar-refractivity contribution is 0.0276. The van der Waals surface area contributed by atoms with Crippen LogP contribution < -0.4 is 4.72 Å². The lowest BCUT2D eigenvalue weighted by Crippen LogP contribution is -2.54. The lowest BCUT2D eigenvalue weighted by atomic mass is 9.76. The van der Waals surface area contributed by atoms with E-state index in [9.17, 15) is 13.5 Å². The van der Waals surface area contributed by atoms with Gasteiger partial charge in [0.05, 0.1) is 12.2 Å². The van der Waals surface area contributed by atoms with Crippen LogP contribution in [0, 0.1) is 5.92 Å². The van der Waals surface area contributed by atoms with Gasteiger partial charge in [-0.2, -0.15) is 17.4 Å². The van der Waals surface area contributed by atoms with Gasteiger partial charge in [0.2, 0.25) is 0 Å². The van der Waals surface area contributed by atoms with Crippen molar-refractivity contribution in [3.05, 3.63) is 35.9 Å². The number of rotatable bonds is 7. The van der Waals surface area contributed by atoms with Gasteiger partial charge in [-0.1, -0.05) is 30.3 Å². The maximum absolute atomic E-state index is 12.8. The van der Waals surface area contributed by atoms with Gasteiger partial charge >= 0.3 is 0 Å². The number of ether oxygens (including phenoxy) is 1. The van der Waals surface area contributed by atoms with Gasteiger partial charge in [0.1, 0.15) is 0 Å². The molecule has 0 spiro atoms. The molecule has 1 unspecified atom stereocenters. The molecule has 0 bridgehead atoms. The summed E-state index contributed by atoms with van der Waals surface area (Å²) in [6.45, 7) is 0.971. The number of methoxy groups -OCH3 is 1. The van der Waals surface area contributed by atoms with Gasteiger partial charge in [-0.05, 0) is 43.6 Å². The van der Waals surface area contributed by atoms with E-state index in [1.54, 1.807) is 7.11 Å². The van der Waals surface area contributed by atoms with E-state index in [-0.39, 0.29) is 24.2 Å². The molecule has 2 N–H and O–H groups in total. The van der Waals surface area contributed by atoms with Crippen LogP contribution in [-0.2, 0) is 21.4 Å². The van der Waals surface area contributed by atoms with E-state index in [4.69, 9.17) is 4.74 Å². The highest BCUT2D eigenvalue weighted by Gasteiger charge is 2.38. The molecule has 1 saturated heterocycles. The summed E-state index contributed by atoms with van der Waals surface area (Å²) in [4.78, 5) is 0. The molecule has 25 heavy (non-hydrogen) atoms. The first-order valence-corrected chi connectivity index (χ1v) is 10.4. The van der Waals surface area contributed by atoms with Gasteiger partial charge in [0, 0.05) is 26.2 Å². The van der Waals surface area contributed by atoms with Crippen LogP contribution in [-0.4, -0.2) is 56.3 Å². The van der Waals surface area contributed by atoms with Gasteiger partial charge in [0.25, 0.3) is 10.2 Å². The topological polar surface area (TPSA) is 78.9 Å². The molecule has 1 aromatic carbocycles. The van der Waals surface area contributed by atoms with Gasteiger partial charge in [-0.3, -0.25) is 0 Å². The van der Waals surface area contributed by atoms with Crippen LogP contribution in [0.1, 0.15) is 31.2 Å². The van der Waals surface area contributed by atoms with Crippen molar-refractivity contribution >= 4 is 10.2 Å². The number of nitrogens with one attached hydrogen (secondary N) is 1. The summed E-state index contributed by atoms with van der Waals surface area (Å²) >= 11 is 0. The highest BCUT2D eigenvalue weighted by Crippen LogP contribution is 2.32.